The molecule has 0 aliphatic carbocycles. The summed E-state index contributed by atoms with van der Waals surface area (Å²) in [5, 5.41) is 2.89. The van der Waals surface area contributed by atoms with Crippen molar-refractivity contribution in [3.05, 3.63) is 24.3 Å². The van der Waals surface area contributed by atoms with Crippen molar-refractivity contribution in [1.29, 1.82) is 0 Å². The van der Waals surface area contributed by atoms with Gasteiger partial charge in [-0.2, -0.15) is 0 Å². The number of benzene rings is 1. The Morgan fingerprint density at radius 3 is 2.30 bits per heavy atom. The van der Waals surface area contributed by atoms with Gasteiger partial charge in [-0.1, -0.05) is 40.8 Å². The van der Waals surface area contributed by atoms with Crippen LogP contribution in [0, 0.1) is 0 Å². The van der Waals surface area contributed by atoms with Gasteiger partial charge in [-0.05, 0) is 33.8 Å². The first-order valence-electron chi connectivity index (χ1n) is 6.57. The van der Waals surface area contributed by atoms with E-state index in [0.29, 0.717) is 4.43 Å². The molecule has 1 aromatic carbocycles. The van der Waals surface area contributed by atoms with Crippen LogP contribution in [0.3, 0.4) is 0 Å². The quantitative estimate of drug-likeness (QED) is 0.492. The molecule has 4 nitrogen and oxygen atoms in total. The van der Waals surface area contributed by atoms with Gasteiger partial charge in [0, 0.05) is 11.2 Å². The summed E-state index contributed by atoms with van der Waals surface area (Å²) in [5.41, 5.74) is 0.813. The van der Waals surface area contributed by atoms with Gasteiger partial charge < -0.3 is 14.6 Å². The van der Waals surface area contributed by atoms with Gasteiger partial charge in [0.05, 0.1) is 15.6 Å². The third kappa shape index (κ3) is 3.02. The smallest absolute Gasteiger partial charge is 0.399 e. The average Bonchev–Trinajstić information content (AvgIpc) is 2.59. The summed E-state index contributed by atoms with van der Waals surface area (Å²) in [6.07, 6.45) is 0. The van der Waals surface area contributed by atoms with Crippen molar-refractivity contribution in [2.24, 2.45) is 0 Å². The molecule has 1 aromatic rings. The molecule has 0 radical (unpaired) electrons. The maximum Gasteiger partial charge on any atom is 0.496 e. The molecule has 0 unspecified atom stereocenters. The predicted molar refractivity (Wildman–Crippen MR) is 89.7 cm³/mol. The summed E-state index contributed by atoms with van der Waals surface area (Å²) >= 11 is 2.04. The normalized spacial score (nSPS) is 19.9. The van der Waals surface area contributed by atoms with E-state index in [-0.39, 0.29) is 5.91 Å². The highest BCUT2D eigenvalue weighted by Gasteiger charge is 2.52. The highest BCUT2D eigenvalue weighted by molar-refractivity contribution is 14.1. The van der Waals surface area contributed by atoms with Crippen LogP contribution in [0.4, 0.5) is 5.69 Å². The minimum Gasteiger partial charge on any atom is -0.399 e. The van der Waals surface area contributed by atoms with Gasteiger partial charge in [0.15, 0.2) is 0 Å². The molecule has 1 aliphatic heterocycles. The Balaban J connectivity index is 2.28. The van der Waals surface area contributed by atoms with E-state index in [9.17, 15) is 4.79 Å². The molecule has 1 aliphatic rings. The number of rotatable bonds is 3. The summed E-state index contributed by atoms with van der Waals surface area (Å²) in [5.74, 6) is -0.0328. The van der Waals surface area contributed by atoms with Crippen LogP contribution in [0.15, 0.2) is 24.3 Å². The number of halogens is 1. The van der Waals surface area contributed by atoms with E-state index >= 15 is 0 Å². The van der Waals surface area contributed by atoms with E-state index in [1.54, 1.807) is 0 Å². The summed E-state index contributed by atoms with van der Waals surface area (Å²) in [6.45, 7) is 8.05. The molecule has 0 spiro atoms. The Morgan fingerprint density at radius 2 is 1.75 bits per heavy atom. The van der Waals surface area contributed by atoms with Crippen LogP contribution in [-0.2, 0) is 14.1 Å². The first-order chi connectivity index (χ1) is 9.27. The SMILES string of the molecule is CC1(C)OB(c2ccccc2NC(=O)CI)OC1(C)C. The minimum absolute atomic E-state index is 0.0328. The van der Waals surface area contributed by atoms with E-state index in [0.717, 1.165) is 11.2 Å². The minimum atomic E-state index is -0.467. The van der Waals surface area contributed by atoms with Crippen molar-refractivity contribution < 1.29 is 14.1 Å². The van der Waals surface area contributed by atoms with E-state index < -0.39 is 18.3 Å². The van der Waals surface area contributed by atoms with Crippen LogP contribution >= 0.6 is 22.6 Å². The van der Waals surface area contributed by atoms with Crippen LogP contribution in [-0.4, -0.2) is 28.7 Å². The zero-order chi connectivity index (χ0) is 15.0. The maximum atomic E-state index is 11.6. The van der Waals surface area contributed by atoms with Crippen molar-refractivity contribution in [1.82, 2.24) is 0 Å². The lowest BCUT2D eigenvalue weighted by molar-refractivity contribution is -0.113. The van der Waals surface area contributed by atoms with Crippen LogP contribution in [0.1, 0.15) is 27.7 Å². The fourth-order valence-electron chi connectivity index (χ4n) is 1.97. The lowest BCUT2D eigenvalue weighted by atomic mass is 9.78. The molecule has 1 amide bonds. The Labute approximate surface area is 133 Å². The van der Waals surface area contributed by atoms with Crippen molar-refractivity contribution in [2.45, 2.75) is 38.9 Å². The fourth-order valence-corrected chi connectivity index (χ4v) is 2.16. The first-order valence-corrected chi connectivity index (χ1v) is 8.10. The van der Waals surface area contributed by atoms with E-state index in [1.807, 2.05) is 74.6 Å². The molecule has 1 heterocycles. The second kappa shape index (κ2) is 5.65. The van der Waals surface area contributed by atoms with Gasteiger partial charge in [-0.25, -0.2) is 0 Å². The molecule has 6 heteroatoms. The van der Waals surface area contributed by atoms with Gasteiger partial charge >= 0.3 is 7.12 Å². The molecule has 108 valence electrons. The highest BCUT2D eigenvalue weighted by atomic mass is 127. The van der Waals surface area contributed by atoms with Crippen molar-refractivity contribution in [3.8, 4) is 0 Å². The molecular weight excluding hydrogens is 368 g/mol. The Bertz CT molecular complexity index is 503. The third-order valence-electron chi connectivity index (χ3n) is 3.86. The molecule has 2 rings (SSSR count). The van der Waals surface area contributed by atoms with Gasteiger partial charge in [0.2, 0.25) is 5.91 Å². The van der Waals surface area contributed by atoms with Crippen molar-refractivity contribution >= 4 is 46.8 Å². The number of carbonyl (C=O) groups is 1. The van der Waals surface area contributed by atoms with E-state index in [2.05, 4.69) is 5.32 Å². The monoisotopic (exact) mass is 387 g/mol. The largest absolute Gasteiger partial charge is 0.496 e. The number of carbonyl (C=O) groups excluding carboxylic acids is 1. The number of para-hydroxylation sites is 1. The number of hydrogen-bond donors (Lipinski definition) is 1. The number of nitrogens with one attached hydrogen (secondary N) is 1. The highest BCUT2D eigenvalue weighted by Crippen LogP contribution is 2.36. The molecule has 0 bridgehead atoms. The Morgan fingerprint density at radius 1 is 1.20 bits per heavy atom. The molecule has 1 N–H and O–H groups in total. The molecule has 1 saturated heterocycles. The predicted octanol–water partition coefficient (Wildman–Crippen LogP) is 2.36. The second-order valence-electron chi connectivity index (χ2n) is 5.86. The molecular formula is C14H19BINO3. The first kappa shape index (κ1) is 15.8. The van der Waals surface area contributed by atoms with Gasteiger partial charge in [-0.3, -0.25) is 4.79 Å². The summed E-state index contributed by atoms with van der Waals surface area (Å²) < 4.78 is 12.5. The lowest BCUT2D eigenvalue weighted by Crippen LogP contribution is -2.41. The Hall–Kier alpha value is -0.595. The number of anilines is 1. The number of amides is 1. The number of hydrogen-bond acceptors (Lipinski definition) is 3. The summed E-state index contributed by atoms with van der Waals surface area (Å²) in [7, 11) is -0.467. The van der Waals surface area contributed by atoms with Crippen molar-refractivity contribution in [2.75, 3.05) is 9.74 Å². The molecule has 0 atom stereocenters. The van der Waals surface area contributed by atoms with Gasteiger partial charge in [0.25, 0.3) is 0 Å². The zero-order valence-corrected chi connectivity index (χ0v) is 14.4. The molecule has 20 heavy (non-hydrogen) atoms. The van der Waals surface area contributed by atoms with Crippen LogP contribution in [0.25, 0.3) is 0 Å². The lowest BCUT2D eigenvalue weighted by Gasteiger charge is -2.32. The third-order valence-corrected chi connectivity index (χ3v) is 4.56. The van der Waals surface area contributed by atoms with E-state index in [1.165, 1.54) is 0 Å². The standard InChI is InChI=1S/C14H19BINO3/c1-13(2)14(3,4)20-15(19-13)10-7-5-6-8-11(10)17-12(18)9-16/h5-8H,9H2,1-4H3,(H,17,18). The van der Waals surface area contributed by atoms with E-state index in [4.69, 9.17) is 9.31 Å². The van der Waals surface area contributed by atoms with Crippen LogP contribution in [0.2, 0.25) is 0 Å². The fraction of sp³-hybridized carbons (Fsp3) is 0.500. The molecule has 1 fully saturated rings. The van der Waals surface area contributed by atoms with Crippen LogP contribution in [0.5, 0.6) is 0 Å². The Kier molecular flexibility index (Phi) is 4.46. The zero-order valence-electron chi connectivity index (χ0n) is 12.2. The maximum absolute atomic E-state index is 11.6. The van der Waals surface area contributed by atoms with Gasteiger partial charge in [-0.15, -0.1) is 0 Å². The van der Waals surface area contributed by atoms with Crippen LogP contribution < -0.4 is 10.8 Å². The summed E-state index contributed by atoms with van der Waals surface area (Å²) in [6, 6.07) is 7.59. The van der Waals surface area contributed by atoms with Crippen molar-refractivity contribution in [3.63, 3.8) is 0 Å². The molecule has 0 saturated carbocycles. The van der Waals surface area contributed by atoms with Gasteiger partial charge in [0.1, 0.15) is 0 Å². The number of alkyl halides is 1. The topological polar surface area (TPSA) is 47.6 Å². The molecule has 0 aromatic heterocycles. The average molecular weight is 387 g/mol. The summed E-state index contributed by atoms with van der Waals surface area (Å²) in [4.78, 5) is 11.6. The second-order valence-corrected chi connectivity index (χ2v) is 6.62.